The van der Waals surface area contributed by atoms with Crippen LogP contribution in [0.2, 0.25) is 0 Å². The lowest BCUT2D eigenvalue weighted by molar-refractivity contribution is -0.145. The van der Waals surface area contributed by atoms with Gasteiger partial charge in [0.05, 0.1) is 7.11 Å². The predicted octanol–water partition coefficient (Wildman–Crippen LogP) is 5.32. The average Bonchev–Trinajstić information content (AvgIpc) is 3.47. The molecule has 1 aromatic heterocycles. The van der Waals surface area contributed by atoms with Crippen LogP contribution in [-0.4, -0.2) is 62.8 Å². The molecular formula is C41H43N3O9. The van der Waals surface area contributed by atoms with Crippen LogP contribution in [0.25, 0.3) is 22.1 Å². The monoisotopic (exact) mass is 721 g/mol. The molecule has 1 aliphatic rings. The topological polar surface area (TPSA) is 162 Å². The van der Waals surface area contributed by atoms with E-state index < -0.39 is 41.6 Å². The lowest BCUT2D eigenvalue weighted by Crippen LogP contribution is -2.52. The number of rotatable bonds is 16. The van der Waals surface area contributed by atoms with Gasteiger partial charge in [0.1, 0.15) is 42.2 Å². The van der Waals surface area contributed by atoms with E-state index in [1.165, 1.54) is 19.2 Å². The second-order valence-electron chi connectivity index (χ2n) is 13.1. The Kier molecular flexibility index (Phi) is 12.9. The first-order valence-corrected chi connectivity index (χ1v) is 17.5. The second-order valence-corrected chi connectivity index (χ2v) is 13.1. The molecule has 0 bridgehead atoms. The van der Waals surface area contributed by atoms with Gasteiger partial charge in [-0.2, -0.15) is 0 Å². The quantitative estimate of drug-likeness (QED) is 0.0602. The fourth-order valence-corrected chi connectivity index (χ4v) is 6.39. The third kappa shape index (κ3) is 9.62. The van der Waals surface area contributed by atoms with Crippen LogP contribution in [0.15, 0.2) is 82.0 Å². The first kappa shape index (κ1) is 38.1. The van der Waals surface area contributed by atoms with E-state index in [-0.39, 0.29) is 49.2 Å². The molecule has 1 aliphatic carbocycles. The standard InChI is InChI=1S/C41H43N3O9/c1-5-20-51-27-18-17-26-22-32(39(47)53-36(26)23-27)37(45)42-19-11-10-16-34(38(46)43-35(21-25(2)3)40(48)50-4)44-41(49)52-24-33-30-14-8-6-12-28(30)29-13-7-9-15-31(29)33/h1,6-9,12-15,17-18,22-23,25,33-35H,10-11,16,19-21,24H2,2-4H3,(H,42,45)(H,43,46)(H,44,49)/t34-,35-/m0/s1. The van der Waals surface area contributed by atoms with Crippen molar-refractivity contribution in [3.63, 3.8) is 0 Å². The fraction of sp³-hybridized carbons (Fsp3) is 0.341. The minimum atomic E-state index is -1.05. The molecule has 4 aromatic rings. The van der Waals surface area contributed by atoms with Gasteiger partial charge in [0.15, 0.2) is 0 Å². The highest BCUT2D eigenvalue weighted by Crippen LogP contribution is 2.44. The normalized spacial score (nSPS) is 12.9. The Hall–Kier alpha value is -6.09. The summed E-state index contributed by atoms with van der Waals surface area (Å²) >= 11 is 0. The van der Waals surface area contributed by atoms with Crippen molar-refractivity contribution in [1.82, 2.24) is 16.0 Å². The summed E-state index contributed by atoms with van der Waals surface area (Å²) < 4.78 is 21.3. The fourth-order valence-electron chi connectivity index (χ4n) is 6.39. The zero-order valence-electron chi connectivity index (χ0n) is 29.9. The minimum absolute atomic E-state index is 0.0548. The Morgan fingerprint density at radius 3 is 2.26 bits per heavy atom. The van der Waals surface area contributed by atoms with Crippen LogP contribution in [0, 0.1) is 18.3 Å². The highest BCUT2D eigenvalue weighted by Gasteiger charge is 2.31. The van der Waals surface area contributed by atoms with Crippen molar-refractivity contribution in [1.29, 1.82) is 0 Å². The van der Waals surface area contributed by atoms with Crippen molar-refractivity contribution in [2.24, 2.45) is 5.92 Å². The van der Waals surface area contributed by atoms with Crippen LogP contribution in [0.3, 0.4) is 0 Å². The van der Waals surface area contributed by atoms with E-state index in [0.717, 1.165) is 22.3 Å². The van der Waals surface area contributed by atoms with Crippen molar-refractivity contribution < 1.29 is 37.8 Å². The van der Waals surface area contributed by atoms with Crippen molar-refractivity contribution in [2.75, 3.05) is 26.9 Å². The summed E-state index contributed by atoms with van der Waals surface area (Å²) in [6.07, 6.45) is 5.75. The number of amides is 3. The lowest BCUT2D eigenvalue weighted by atomic mass is 9.98. The SMILES string of the molecule is C#CCOc1ccc2cc(C(=O)NCCCC[C@H](NC(=O)OCC3c4ccccc4-c4ccccc43)C(=O)N[C@@H](CC(C)C)C(=O)OC)c(=O)oc2c1. The molecule has 0 radical (unpaired) electrons. The Morgan fingerprint density at radius 1 is 0.906 bits per heavy atom. The number of carbonyl (C=O) groups is 4. The number of carbonyl (C=O) groups excluding carboxylic acids is 4. The van der Waals surface area contributed by atoms with Gasteiger partial charge in [-0.25, -0.2) is 14.4 Å². The molecule has 2 atom stereocenters. The summed E-state index contributed by atoms with van der Waals surface area (Å²) in [4.78, 5) is 64.7. The Labute approximate surface area is 307 Å². The molecule has 0 saturated heterocycles. The first-order valence-electron chi connectivity index (χ1n) is 17.5. The van der Waals surface area contributed by atoms with E-state index in [1.54, 1.807) is 12.1 Å². The zero-order chi connectivity index (χ0) is 37.9. The number of nitrogens with one attached hydrogen (secondary N) is 3. The molecule has 0 saturated carbocycles. The van der Waals surface area contributed by atoms with E-state index in [9.17, 15) is 24.0 Å². The molecule has 3 amide bonds. The second kappa shape index (κ2) is 17.9. The van der Waals surface area contributed by atoms with Gasteiger partial charge in [-0.3, -0.25) is 9.59 Å². The number of unbranched alkanes of at least 4 members (excludes halogenated alkanes) is 1. The van der Waals surface area contributed by atoms with Crippen molar-refractivity contribution in [3.8, 4) is 29.2 Å². The van der Waals surface area contributed by atoms with E-state index in [1.807, 2.05) is 62.4 Å². The van der Waals surface area contributed by atoms with Gasteiger partial charge in [0.25, 0.3) is 5.91 Å². The first-order chi connectivity index (χ1) is 25.6. The molecule has 0 aliphatic heterocycles. The summed E-state index contributed by atoms with van der Waals surface area (Å²) in [5.74, 6) is 0.913. The summed E-state index contributed by atoms with van der Waals surface area (Å²) in [6.45, 7) is 4.11. The molecule has 1 heterocycles. The number of benzene rings is 3. The van der Waals surface area contributed by atoms with Gasteiger partial charge >= 0.3 is 17.7 Å². The van der Waals surface area contributed by atoms with Gasteiger partial charge in [0.2, 0.25) is 5.91 Å². The molecule has 12 heteroatoms. The van der Waals surface area contributed by atoms with Crippen LogP contribution in [0.1, 0.15) is 66.9 Å². The molecule has 276 valence electrons. The summed E-state index contributed by atoms with van der Waals surface area (Å²) in [7, 11) is 1.25. The van der Waals surface area contributed by atoms with E-state index in [4.69, 9.17) is 25.1 Å². The zero-order valence-corrected chi connectivity index (χ0v) is 29.9. The van der Waals surface area contributed by atoms with Gasteiger partial charge in [0, 0.05) is 23.9 Å². The van der Waals surface area contributed by atoms with Crippen LogP contribution in [-0.2, 0) is 19.1 Å². The van der Waals surface area contributed by atoms with Gasteiger partial charge in [-0.1, -0.05) is 68.3 Å². The number of ether oxygens (including phenoxy) is 3. The minimum Gasteiger partial charge on any atom is -0.481 e. The summed E-state index contributed by atoms with van der Waals surface area (Å²) in [5, 5.41) is 8.65. The molecule has 3 N–H and O–H groups in total. The molecule has 5 rings (SSSR count). The molecule has 0 unspecified atom stereocenters. The lowest BCUT2D eigenvalue weighted by Gasteiger charge is -2.23. The highest BCUT2D eigenvalue weighted by atomic mass is 16.5. The summed E-state index contributed by atoms with van der Waals surface area (Å²) in [5.41, 5.74) is 3.54. The average molecular weight is 722 g/mol. The number of hydrogen-bond acceptors (Lipinski definition) is 9. The third-order valence-electron chi connectivity index (χ3n) is 8.94. The highest BCUT2D eigenvalue weighted by molar-refractivity contribution is 5.96. The largest absolute Gasteiger partial charge is 0.481 e. The molecule has 12 nitrogen and oxygen atoms in total. The number of alkyl carbamates (subject to hydrolysis) is 1. The smallest absolute Gasteiger partial charge is 0.407 e. The number of hydrogen-bond donors (Lipinski definition) is 3. The Morgan fingerprint density at radius 2 is 1.60 bits per heavy atom. The van der Waals surface area contributed by atoms with Crippen LogP contribution in [0.5, 0.6) is 5.75 Å². The Bertz CT molecular complexity index is 2020. The van der Waals surface area contributed by atoms with E-state index in [0.29, 0.717) is 30.4 Å². The predicted molar refractivity (Wildman–Crippen MR) is 198 cm³/mol. The van der Waals surface area contributed by atoms with Crippen LogP contribution < -0.4 is 26.3 Å². The van der Waals surface area contributed by atoms with Crippen molar-refractivity contribution in [2.45, 2.75) is 57.5 Å². The maximum absolute atomic E-state index is 13.5. The van der Waals surface area contributed by atoms with E-state index >= 15 is 0 Å². The van der Waals surface area contributed by atoms with Gasteiger partial charge in [-0.05, 0) is 72.1 Å². The van der Waals surface area contributed by atoms with Crippen molar-refractivity contribution >= 4 is 34.8 Å². The van der Waals surface area contributed by atoms with Gasteiger partial charge < -0.3 is 34.6 Å². The summed E-state index contributed by atoms with van der Waals surface area (Å²) in [6, 6.07) is 20.2. The van der Waals surface area contributed by atoms with E-state index in [2.05, 4.69) is 21.9 Å². The number of terminal acetylenes is 1. The maximum atomic E-state index is 13.5. The number of methoxy groups -OCH3 is 1. The Balaban J connectivity index is 1.20. The van der Waals surface area contributed by atoms with Crippen molar-refractivity contribution in [3.05, 3.63) is 99.9 Å². The number of fused-ring (bicyclic) bond motifs is 4. The molecule has 53 heavy (non-hydrogen) atoms. The van der Waals surface area contributed by atoms with Gasteiger partial charge in [-0.15, -0.1) is 6.42 Å². The molecular weight excluding hydrogens is 678 g/mol. The van der Waals surface area contributed by atoms with Crippen LogP contribution >= 0.6 is 0 Å². The third-order valence-corrected chi connectivity index (χ3v) is 8.94. The van der Waals surface area contributed by atoms with Crippen LogP contribution in [0.4, 0.5) is 4.79 Å². The molecule has 0 spiro atoms. The molecule has 0 fully saturated rings. The molecule has 3 aromatic carbocycles. The maximum Gasteiger partial charge on any atom is 0.407 e. The number of esters is 1.